The molecule has 0 radical (unpaired) electrons. The molecule has 2 heterocycles. The molecule has 7 nitrogen and oxygen atoms in total. The highest BCUT2D eigenvalue weighted by molar-refractivity contribution is 5.91. The minimum Gasteiger partial charge on any atom is -0.465 e. The molecule has 1 atom stereocenters. The van der Waals surface area contributed by atoms with E-state index in [0.29, 0.717) is 25.5 Å². The van der Waals surface area contributed by atoms with Crippen LogP contribution >= 0.6 is 0 Å². The third kappa shape index (κ3) is 6.82. The molecule has 2 amide bonds. The Balaban J connectivity index is 1.46. The number of hydrogen-bond donors (Lipinski definition) is 2. The van der Waals surface area contributed by atoms with Crippen LogP contribution in [0, 0.1) is 5.82 Å². The fourth-order valence-electron chi connectivity index (χ4n) is 3.26. The van der Waals surface area contributed by atoms with Crippen molar-refractivity contribution < 1.29 is 23.1 Å². The Morgan fingerprint density at radius 2 is 2.00 bits per heavy atom. The molecule has 1 aromatic heterocycles. The van der Waals surface area contributed by atoms with Crippen molar-refractivity contribution in [3.63, 3.8) is 0 Å². The predicted molar refractivity (Wildman–Crippen MR) is 110 cm³/mol. The summed E-state index contributed by atoms with van der Waals surface area (Å²) in [5, 5.41) is 5.56. The van der Waals surface area contributed by atoms with Gasteiger partial charge in [0.15, 0.2) is 0 Å². The second-order valence-electron chi connectivity index (χ2n) is 6.91. The summed E-state index contributed by atoms with van der Waals surface area (Å²) in [7, 11) is 0. The topological polar surface area (TPSA) is 83.8 Å². The van der Waals surface area contributed by atoms with Crippen LogP contribution in [0.4, 0.5) is 4.39 Å². The van der Waals surface area contributed by atoms with Crippen molar-refractivity contribution >= 4 is 17.9 Å². The van der Waals surface area contributed by atoms with Crippen LogP contribution < -0.4 is 10.6 Å². The van der Waals surface area contributed by atoms with Crippen molar-refractivity contribution in [2.24, 2.45) is 0 Å². The molecule has 1 aromatic carbocycles. The van der Waals surface area contributed by atoms with E-state index in [0.717, 1.165) is 18.7 Å². The van der Waals surface area contributed by atoms with Crippen molar-refractivity contribution in [3.8, 4) is 0 Å². The zero-order chi connectivity index (χ0) is 21.2. The minimum absolute atomic E-state index is 0.139. The zero-order valence-corrected chi connectivity index (χ0v) is 16.7. The van der Waals surface area contributed by atoms with E-state index in [-0.39, 0.29) is 36.6 Å². The van der Waals surface area contributed by atoms with Gasteiger partial charge in [-0.05, 0) is 35.9 Å². The van der Waals surface area contributed by atoms with Gasteiger partial charge >= 0.3 is 0 Å². The normalized spacial score (nSPS) is 15.8. The van der Waals surface area contributed by atoms with Crippen LogP contribution in [0.1, 0.15) is 23.8 Å². The summed E-state index contributed by atoms with van der Waals surface area (Å²) in [6, 6.07) is 9.77. The van der Waals surface area contributed by atoms with Crippen molar-refractivity contribution in [1.82, 2.24) is 15.5 Å². The van der Waals surface area contributed by atoms with Gasteiger partial charge in [-0.3, -0.25) is 14.5 Å². The maximum atomic E-state index is 13.7. The van der Waals surface area contributed by atoms with Crippen molar-refractivity contribution in [2.45, 2.75) is 12.5 Å². The molecule has 8 heteroatoms. The maximum absolute atomic E-state index is 13.7. The molecule has 0 bridgehead atoms. The lowest BCUT2D eigenvalue weighted by Gasteiger charge is -2.35. The van der Waals surface area contributed by atoms with Gasteiger partial charge in [-0.2, -0.15) is 0 Å². The lowest BCUT2D eigenvalue weighted by molar-refractivity contribution is -0.121. The number of ether oxygens (including phenoxy) is 1. The molecule has 3 rings (SSSR count). The summed E-state index contributed by atoms with van der Waals surface area (Å²) in [6.45, 7) is 3.23. The number of nitrogens with zero attached hydrogens (tertiary/aromatic N) is 1. The summed E-state index contributed by atoms with van der Waals surface area (Å²) in [5.74, 6) is -0.207. The number of carbonyl (C=O) groups is 2. The van der Waals surface area contributed by atoms with Crippen molar-refractivity contribution in [2.75, 3.05) is 39.4 Å². The molecule has 2 aromatic rings. The molecule has 1 saturated heterocycles. The molecule has 160 valence electrons. The zero-order valence-electron chi connectivity index (χ0n) is 16.7. The quantitative estimate of drug-likeness (QED) is 0.613. The van der Waals surface area contributed by atoms with E-state index >= 15 is 0 Å². The van der Waals surface area contributed by atoms with E-state index in [1.807, 2.05) is 6.07 Å². The highest BCUT2D eigenvalue weighted by atomic mass is 19.1. The molecular weight excluding hydrogens is 389 g/mol. The number of rotatable bonds is 9. The fraction of sp³-hybridized carbons (Fsp3) is 0.364. The summed E-state index contributed by atoms with van der Waals surface area (Å²) in [6.07, 6.45) is 4.59. The van der Waals surface area contributed by atoms with E-state index in [4.69, 9.17) is 9.15 Å². The van der Waals surface area contributed by atoms with Crippen LogP contribution in [-0.4, -0.2) is 56.1 Å². The number of amides is 2. The van der Waals surface area contributed by atoms with Gasteiger partial charge in [-0.1, -0.05) is 12.1 Å². The largest absolute Gasteiger partial charge is 0.465 e. The highest BCUT2D eigenvalue weighted by Crippen LogP contribution is 2.22. The second-order valence-corrected chi connectivity index (χ2v) is 6.91. The Kier molecular flexibility index (Phi) is 8.17. The van der Waals surface area contributed by atoms with Gasteiger partial charge in [0.2, 0.25) is 11.8 Å². The number of nitrogens with one attached hydrogen (secondary N) is 2. The van der Waals surface area contributed by atoms with Crippen LogP contribution in [0.2, 0.25) is 0 Å². The van der Waals surface area contributed by atoms with Gasteiger partial charge in [0.1, 0.15) is 11.6 Å². The van der Waals surface area contributed by atoms with E-state index in [9.17, 15) is 14.0 Å². The van der Waals surface area contributed by atoms with Gasteiger partial charge in [0.05, 0.1) is 25.5 Å². The van der Waals surface area contributed by atoms with Crippen LogP contribution in [0.15, 0.2) is 53.2 Å². The van der Waals surface area contributed by atoms with Crippen LogP contribution in [0.5, 0.6) is 0 Å². The first-order valence-corrected chi connectivity index (χ1v) is 9.95. The van der Waals surface area contributed by atoms with Gasteiger partial charge < -0.3 is 19.8 Å². The van der Waals surface area contributed by atoms with Gasteiger partial charge in [0, 0.05) is 38.7 Å². The third-order valence-electron chi connectivity index (χ3n) is 4.81. The molecule has 1 unspecified atom stereocenters. The summed E-state index contributed by atoms with van der Waals surface area (Å²) < 4.78 is 24.2. The fourth-order valence-corrected chi connectivity index (χ4v) is 3.26. The smallest absolute Gasteiger partial charge is 0.244 e. The third-order valence-corrected chi connectivity index (χ3v) is 4.81. The predicted octanol–water partition coefficient (Wildman–Crippen LogP) is 2.13. The average molecular weight is 415 g/mol. The van der Waals surface area contributed by atoms with Gasteiger partial charge in [0.25, 0.3) is 0 Å². The van der Waals surface area contributed by atoms with E-state index in [2.05, 4.69) is 15.5 Å². The maximum Gasteiger partial charge on any atom is 0.244 e. The number of furan rings is 1. The Morgan fingerprint density at radius 1 is 1.17 bits per heavy atom. The van der Waals surface area contributed by atoms with E-state index in [1.54, 1.807) is 24.3 Å². The molecule has 1 aliphatic heterocycles. The van der Waals surface area contributed by atoms with Crippen LogP contribution in [0.25, 0.3) is 6.08 Å². The standard InChI is InChI=1S/C22H26FN3O4/c23-18-4-1-3-17(15-18)20(26-10-13-29-14-11-26)16-25-22(28)8-9-24-21(27)7-6-19-5-2-12-30-19/h1-7,12,15,20H,8-11,13-14,16H2,(H,24,27)(H,25,28)/b7-6+. The first-order valence-electron chi connectivity index (χ1n) is 9.95. The minimum atomic E-state index is -0.303. The summed E-state index contributed by atoms with van der Waals surface area (Å²) in [5.41, 5.74) is 0.813. The number of halogens is 1. The van der Waals surface area contributed by atoms with Gasteiger partial charge in [-0.25, -0.2) is 4.39 Å². The molecule has 30 heavy (non-hydrogen) atoms. The molecule has 1 aliphatic rings. The average Bonchev–Trinajstić information content (AvgIpc) is 3.27. The first-order chi connectivity index (χ1) is 14.6. The lowest BCUT2D eigenvalue weighted by Crippen LogP contribution is -2.44. The van der Waals surface area contributed by atoms with Crippen molar-refractivity contribution in [1.29, 1.82) is 0 Å². The SMILES string of the molecule is O=C(/C=C/c1ccco1)NCCC(=O)NCC(c1cccc(F)c1)N1CCOCC1. The van der Waals surface area contributed by atoms with Crippen molar-refractivity contribution in [3.05, 3.63) is 65.9 Å². The molecule has 1 fully saturated rings. The summed E-state index contributed by atoms with van der Waals surface area (Å²) >= 11 is 0. The number of morpholine rings is 1. The molecule has 0 spiro atoms. The van der Waals surface area contributed by atoms with Crippen LogP contribution in [-0.2, 0) is 14.3 Å². The molecule has 0 saturated carbocycles. The van der Waals surface area contributed by atoms with E-state index < -0.39 is 0 Å². The number of carbonyl (C=O) groups excluding carboxylic acids is 2. The number of benzene rings is 1. The van der Waals surface area contributed by atoms with Crippen LogP contribution in [0.3, 0.4) is 0 Å². The summed E-state index contributed by atoms with van der Waals surface area (Å²) in [4.78, 5) is 26.2. The number of hydrogen-bond acceptors (Lipinski definition) is 5. The lowest BCUT2D eigenvalue weighted by atomic mass is 10.0. The highest BCUT2D eigenvalue weighted by Gasteiger charge is 2.23. The Bertz CT molecular complexity index is 848. The Hall–Kier alpha value is -2.97. The van der Waals surface area contributed by atoms with E-state index in [1.165, 1.54) is 24.5 Å². The Labute approximate surface area is 174 Å². The Morgan fingerprint density at radius 3 is 2.73 bits per heavy atom. The van der Waals surface area contributed by atoms with Gasteiger partial charge in [-0.15, -0.1) is 0 Å². The monoisotopic (exact) mass is 415 g/mol. The second kappa shape index (κ2) is 11.3. The molecule has 0 aliphatic carbocycles. The first kappa shape index (κ1) is 21.7. The molecular formula is C22H26FN3O4. The molecule has 2 N–H and O–H groups in total.